The van der Waals surface area contributed by atoms with E-state index in [9.17, 15) is 13.6 Å². The van der Waals surface area contributed by atoms with Crippen LogP contribution in [0, 0.1) is 11.8 Å². The number of alkyl carbamates (subject to hydrolysis) is 1. The second kappa shape index (κ2) is 7.32. The minimum Gasteiger partial charge on any atom is -0.444 e. The van der Waals surface area contributed by atoms with Crippen LogP contribution < -0.4 is 10.6 Å². The first-order valence-electron chi connectivity index (χ1n) is 8.73. The van der Waals surface area contributed by atoms with E-state index < -0.39 is 30.7 Å². The number of alkyl halides is 2. The lowest BCUT2D eigenvalue weighted by Gasteiger charge is -2.31. The number of halogens is 2. The second-order valence-electron chi connectivity index (χ2n) is 8.05. The average molecular weight is 332 g/mol. The largest absolute Gasteiger partial charge is 0.444 e. The lowest BCUT2D eigenvalue weighted by atomic mass is 9.82. The zero-order chi connectivity index (χ0) is 17.1. The number of amides is 1. The van der Waals surface area contributed by atoms with Crippen LogP contribution in [0.1, 0.15) is 59.3 Å². The van der Waals surface area contributed by atoms with Crippen LogP contribution in [0.3, 0.4) is 0 Å². The van der Waals surface area contributed by atoms with E-state index in [1.807, 2.05) is 0 Å². The van der Waals surface area contributed by atoms with Crippen molar-refractivity contribution in [1.29, 1.82) is 0 Å². The van der Waals surface area contributed by atoms with E-state index in [1.54, 1.807) is 20.8 Å². The molecule has 0 aliphatic heterocycles. The molecule has 1 amide bonds. The molecule has 2 aliphatic rings. The molecule has 0 radical (unpaired) electrons. The van der Waals surface area contributed by atoms with Gasteiger partial charge in [-0.05, 0) is 58.3 Å². The van der Waals surface area contributed by atoms with E-state index >= 15 is 0 Å². The maximum absolute atomic E-state index is 13.9. The molecule has 0 heterocycles. The van der Waals surface area contributed by atoms with Crippen LogP contribution in [0.5, 0.6) is 0 Å². The monoisotopic (exact) mass is 332 g/mol. The Bertz CT molecular complexity index is 406. The molecular weight excluding hydrogens is 302 g/mol. The number of carbonyl (C=O) groups is 1. The fraction of sp³-hybridized carbons (Fsp3) is 0.941. The van der Waals surface area contributed by atoms with E-state index in [0.29, 0.717) is 0 Å². The van der Waals surface area contributed by atoms with Gasteiger partial charge < -0.3 is 15.4 Å². The van der Waals surface area contributed by atoms with Gasteiger partial charge in [-0.15, -0.1) is 0 Å². The number of ether oxygens (including phenoxy) is 1. The standard InChI is InChI=1S/C17H30F2N2O2/c1-16(2,3)23-15(22)21-11-17(18,19)10-20-14-6-4-5-13(9-14)12-7-8-12/h12-14,20H,4-11H2,1-3H3,(H,21,22). The van der Waals surface area contributed by atoms with E-state index in [1.165, 1.54) is 19.3 Å². The summed E-state index contributed by atoms with van der Waals surface area (Å²) < 4.78 is 32.8. The topological polar surface area (TPSA) is 50.4 Å². The van der Waals surface area contributed by atoms with Crippen molar-refractivity contribution in [2.75, 3.05) is 13.1 Å². The van der Waals surface area contributed by atoms with E-state index in [4.69, 9.17) is 4.74 Å². The normalized spacial score (nSPS) is 26.0. The molecule has 0 bridgehead atoms. The van der Waals surface area contributed by atoms with Crippen LogP contribution >= 0.6 is 0 Å². The summed E-state index contributed by atoms with van der Waals surface area (Å²) in [6.07, 6.45) is 6.18. The number of carbonyl (C=O) groups excluding carboxylic acids is 1. The maximum Gasteiger partial charge on any atom is 0.407 e. The van der Waals surface area contributed by atoms with Crippen molar-refractivity contribution in [3.05, 3.63) is 0 Å². The predicted octanol–water partition coefficient (Wildman–Crippen LogP) is 3.70. The molecule has 0 spiro atoms. The lowest BCUT2D eigenvalue weighted by Crippen LogP contribution is -2.47. The van der Waals surface area contributed by atoms with Crippen LogP contribution in [0.2, 0.25) is 0 Å². The van der Waals surface area contributed by atoms with Gasteiger partial charge in [-0.1, -0.05) is 12.8 Å². The molecule has 2 N–H and O–H groups in total. The molecule has 2 rings (SSSR count). The third-order valence-corrected chi connectivity index (χ3v) is 4.54. The van der Waals surface area contributed by atoms with Crippen LogP contribution in [-0.2, 0) is 4.74 Å². The van der Waals surface area contributed by atoms with Crippen LogP contribution in [0.4, 0.5) is 13.6 Å². The predicted molar refractivity (Wildman–Crippen MR) is 85.7 cm³/mol. The van der Waals surface area contributed by atoms with Crippen molar-refractivity contribution in [3.63, 3.8) is 0 Å². The van der Waals surface area contributed by atoms with Gasteiger partial charge in [0, 0.05) is 6.04 Å². The Balaban J connectivity index is 1.67. The van der Waals surface area contributed by atoms with Gasteiger partial charge in [0.05, 0.1) is 13.1 Å². The Morgan fingerprint density at radius 3 is 2.39 bits per heavy atom. The quantitative estimate of drug-likeness (QED) is 0.780. The molecule has 6 heteroatoms. The molecule has 2 saturated carbocycles. The second-order valence-corrected chi connectivity index (χ2v) is 8.05. The van der Waals surface area contributed by atoms with Crippen LogP contribution in [-0.4, -0.2) is 36.7 Å². The molecule has 0 saturated heterocycles. The molecule has 2 aliphatic carbocycles. The molecule has 0 aromatic heterocycles. The van der Waals surface area contributed by atoms with Crippen LogP contribution in [0.25, 0.3) is 0 Å². The molecule has 134 valence electrons. The molecular formula is C17H30F2N2O2. The highest BCUT2D eigenvalue weighted by atomic mass is 19.3. The average Bonchev–Trinajstić information content (AvgIpc) is 3.26. The summed E-state index contributed by atoms with van der Waals surface area (Å²) in [5.74, 6) is -1.41. The first-order valence-corrected chi connectivity index (χ1v) is 8.73. The summed E-state index contributed by atoms with van der Waals surface area (Å²) in [5.41, 5.74) is -0.683. The smallest absolute Gasteiger partial charge is 0.407 e. The summed E-state index contributed by atoms with van der Waals surface area (Å²) in [7, 11) is 0. The maximum atomic E-state index is 13.9. The SMILES string of the molecule is CC(C)(C)OC(=O)NCC(F)(F)CNC1CCCC(C2CC2)C1. The lowest BCUT2D eigenvalue weighted by molar-refractivity contribution is -0.00712. The van der Waals surface area contributed by atoms with Gasteiger partial charge in [-0.3, -0.25) is 0 Å². The molecule has 2 unspecified atom stereocenters. The summed E-state index contributed by atoms with van der Waals surface area (Å²) in [6.45, 7) is 4.00. The minimum atomic E-state index is -2.97. The summed E-state index contributed by atoms with van der Waals surface area (Å²) in [6, 6.07) is 0.182. The van der Waals surface area contributed by atoms with Crippen molar-refractivity contribution in [1.82, 2.24) is 10.6 Å². The number of rotatable bonds is 6. The fourth-order valence-electron chi connectivity index (χ4n) is 3.28. The zero-order valence-electron chi connectivity index (χ0n) is 14.5. The number of hydrogen-bond acceptors (Lipinski definition) is 3. The Morgan fingerprint density at radius 1 is 1.09 bits per heavy atom. The molecule has 0 aromatic rings. The Kier molecular flexibility index (Phi) is 5.87. The summed E-state index contributed by atoms with van der Waals surface area (Å²) >= 11 is 0. The van der Waals surface area contributed by atoms with Gasteiger partial charge in [0.2, 0.25) is 0 Å². The van der Waals surface area contributed by atoms with Crippen molar-refractivity contribution in [3.8, 4) is 0 Å². The Hall–Kier alpha value is -0.910. The molecule has 2 atom stereocenters. The third kappa shape index (κ3) is 7.02. The zero-order valence-corrected chi connectivity index (χ0v) is 14.5. The highest BCUT2D eigenvalue weighted by Crippen LogP contribution is 2.43. The first kappa shape index (κ1) is 18.4. The number of hydrogen-bond donors (Lipinski definition) is 2. The van der Waals surface area contributed by atoms with Crippen molar-refractivity contribution in [2.45, 2.75) is 76.9 Å². The van der Waals surface area contributed by atoms with E-state index in [-0.39, 0.29) is 6.04 Å². The van der Waals surface area contributed by atoms with Crippen molar-refractivity contribution < 1.29 is 18.3 Å². The van der Waals surface area contributed by atoms with Crippen molar-refractivity contribution >= 4 is 6.09 Å². The Morgan fingerprint density at radius 2 is 1.78 bits per heavy atom. The van der Waals surface area contributed by atoms with E-state index in [2.05, 4.69) is 10.6 Å². The summed E-state index contributed by atoms with van der Waals surface area (Å²) in [4.78, 5) is 11.4. The van der Waals surface area contributed by atoms with Gasteiger partial charge in [-0.2, -0.15) is 0 Å². The summed E-state index contributed by atoms with van der Waals surface area (Å²) in [5, 5.41) is 5.16. The molecule has 4 nitrogen and oxygen atoms in total. The van der Waals surface area contributed by atoms with Crippen molar-refractivity contribution in [2.24, 2.45) is 11.8 Å². The van der Waals surface area contributed by atoms with Gasteiger partial charge >= 0.3 is 6.09 Å². The van der Waals surface area contributed by atoms with Gasteiger partial charge in [0.15, 0.2) is 0 Å². The fourth-order valence-corrected chi connectivity index (χ4v) is 3.28. The van der Waals surface area contributed by atoms with Gasteiger partial charge in [0.25, 0.3) is 5.92 Å². The molecule has 2 fully saturated rings. The molecule has 23 heavy (non-hydrogen) atoms. The Labute approximate surface area is 137 Å². The van der Waals surface area contributed by atoms with E-state index in [0.717, 1.165) is 31.1 Å². The third-order valence-electron chi connectivity index (χ3n) is 4.54. The van der Waals surface area contributed by atoms with Gasteiger partial charge in [-0.25, -0.2) is 13.6 Å². The number of nitrogens with one attached hydrogen (secondary N) is 2. The highest BCUT2D eigenvalue weighted by Gasteiger charge is 2.36. The van der Waals surface area contributed by atoms with Gasteiger partial charge in [0.1, 0.15) is 5.60 Å². The minimum absolute atomic E-state index is 0.182. The highest BCUT2D eigenvalue weighted by molar-refractivity contribution is 5.67. The van der Waals surface area contributed by atoms with Crippen LogP contribution in [0.15, 0.2) is 0 Å². The first-order chi connectivity index (χ1) is 10.6. The molecule has 0 aromatic carbocycles.